The van der Waals surface area contributed by atoms with Crippen LogP contribution in [0.15, 0.2) is 48.8 Å². The zero-order valence-corrected chi connectivity index (χ0v) is 20.1. The molecule has 3 heterocycles. The van der Waals surface area contributed by atoms with Crippen LogP contribution in [0.5, 0.6) is 0 Å². The standard InChI is InChI=1S/C26H32FN5O2/c1-16(2)24(30-25(33)17(3)28-4)26(34)32-12-5-6-21(32)19-9-11-29-23(14-19)31-13-10-18-7-8-20(27)15-22(18)31/h7-11,13-17,21,24,28H,5-6,12H2,1-4H3,(H,30,33)/t17-,21-,24-/m0/s1. The molecular formula is C26H32FN5O2. The predicted molar refractivity (Wildman–Crippen MR) is 130 cm³/mol. The van der Waals surface area contributed by atoms with Crippen LogP contribution in [0.2, 0.25) is 0 Å². The van der Waals surface area contributed by atoms with E-state index in [4.69, 9.17) is 0 Å². The Morgan fingerprint density at radius 2 is 1.94 bits per heavy atom. The van der Waals surface area contributed by atoms with Crippen LogP contribution in [0.25, 0.3) is 16.7 Å². The second-order valence-electron chi connectivity index (χ2n) is 9.27. The summed E-state index contributed by atoms with van der Waals surface area (Å²) in [5.41, 5.74) is 1.72. The van der Waals surface area contributed by atoms with Crippen LogP contribution in [0, 0.1) is 11.7 Å². The van der Waals surface area contributed by atoms with E-state index < -0.39 is 6.04 Å². The maximum absolute atomic E-state index is 13.9. The number of carbonyl (C=O) groups excluding carboxylic acids is 2. The van der Waals surface area contributed by atoms with Gasteiger partial charge in [0.25, 0.3) is 0 Å². The molecule has 8 heteroatoms. The molecule has 34 heavy (non-hydrogen) atoms. The number of hydrogen-bond acceptors (Lipinski definition) is 4. The Labute approximate surface area is 199 Å². The average molecular weight is 466 g/mol. The minimum Gasteiger partial charge on any atom is -0.343 e. The van der Waals surface area contributed by atoms with Crippen LogP contribution in [-0.2, 0) is 9.59 Å². The number of halogens is 1. The molecule has 0 bridgehead atoms. The lowest BCUT2D eigenvalue weighted by Crippen LogP contribution is -2.54. The molecule has 1 aliphatic rings. The quantitative estimate of drug-likeness (QED) is 0.559. The highest BCUT2D eigenvalue weighted by molar-refractivity contribution is 5.90. The number of likely N-dealkylation sites (tertiary alicyclic amines) is 1. The molecule has 3 aromatic rings. The summed E-state index contributed by atoms with van der Waals surface area (Å²) in [5.74, 6) is 0.0691. The summed E-state index contributed by atoms with van der Waals surface area (Å²) in [6, 6.07) is 9.43. The maximum atomic E-state index is 13.9. The molecule has 2 aromatic heterocycles. The Morgan fingerprint density at radius 1 is 1.15 bits per heavy atom. The lowest BCUT2D eigenvalue weighted by Gasteiger charge is -2.32. The molecule has 0 aliphatic carbocycles. The fourth-order valence-electron chi connectivity index (χ4n) is 4.55. The molecule has 1 saturated heterocycles. The monoisotopic (exact) mass is 465 g/mol. The lowest BCUT2D eigenvalue weighted by atomic mass is 10.00. The van der Waals surface area contributed by atoms with Crippen LogP contribution in [0.1, 0.15) is 45.2 Å². The second kappa shape index (κ2) is 9.93. The van der Waals surface area contributed by atoms with E-state index in [1.54, 1.807) is 26.2 Å². The van der Waals surface area contributed by atoms with Gasteiger partial charge in [-0.25, -0.2) is 9.37 Å². The van der Waals surface area contributed by atoms with Gasteiger partial charge in [-0.2, -0.15) is 0 Å². The zero-order chi connectivity index (χ0) is 24.4. The summed E-state index contributed by atoms with van der Waals surface area (Å²) in [7, 11) is 1.72. The van der Waals surface area contributed by atoms with Crippen LogP contribution >= 0.6 is 0 Å². The highest BCUT2D eigenvalue weighted by atomic mass is 19.1. The van der Waals surface area contributed by atoms with Gasteiger partial charge in [0.05, 0.1) is 17.6 Å². The molecule has 0 saturated carbocycles. The average Bonchev–Trinajstić information content (AvgIpc) is 3.48. The van der Waals surface area contributed by atoms with E-state index in [-0.39, 0.29) is 35.6 Å². The smallest absolute Gasteiger partial charge is 0.245 e. The van der Waals surface area contributed by atoms with Crippen molar-refractivity contribution in [2.24, 2.45) is 5.92 Å². The van der Waals surface area contributed by atoms with Gasteiger partial charge in [-0.1, -0.05) is 13.8 Å². The molecule has 1 aliphatic heterocycles. The van der Waals surface area contributed by atoms with Gasteiger partial charge in [-0.3, -0.25) is 9.59 Å². The van der Waals surface area contributed by atoms with E-state index in [9.17, 15) is 14.0 Å². The highest BCUT2D eigenvalue weighted by Crippen LogP contribution is 2.34. The Bertz CT molecular complexity index is 1190. The number of nitrogens with one attached hydrogen (secondary N) is 2. The number of fused-ring (bicyclic) bond motifs is 1. The summed E-state index contributed by atoms with van der Waals surface area (Å²) in [6.45, 7) is 6.29. The van der Waals surface area contributed by atoms with Gasteiger partial charge >= 0.3 is 0 Å². The molecule has 0 unspecified atom stereocenters. The summed E-state index contributed by atoms with van der Waals surface area (Å²) in [5, 5.41) is 6.78. The molecule has 1 fully saturated rings. The van der Waals surface area contributed by atoms with Gasteiger partial charge in [0.2, 0.25) is 11.8 Å². The summed E-state index contributed by atoms with van der Waals surface area (Å²) in [4.78, 5) is 32.4. The molecule has 0 radical (unpaired) electrons. The third-order valence-corrected chi connectivity index (χ3v) is 6.65. The Hall–Kier alpha value is -3.26. The van der Waals surface area contributed by atoms with Crippen molar-refractivity contribution in [1.29, 1.82) is 0 Å². The molecule has 180 valence electrons. The number of carbonyl (C=O) groups is 2. The molecule has 1 aromatic carbocycles. The number of nitrogens with zero attached hydrogens (tertiary/aromatic N) is 3. The number of likely N-dealkylation sites (N-methyl/N-ethyl adjacent to an activating group) is 1. The van der Waals surface area contributed by atoms with Gasteiger partial charge in [0.15, 0.2) is 0 Å². The van der Waals surface area contributed by atoms with E-state index in [1.165, 1.54) is 12.1 Å². The zero-order valence-electron chi connectivity index (χ0n) is 20.1. The SMILES string of the molecule is CN[C@@H](C)C(=O)N[C@H](C(=O)N1CCC[C@H]1c1ccnc(-n2ccc3ccc(F)cc32)c1)C(C)C. The number of pyridine rings is 1. The molecule has 3 atom stereocenters. The number of aromatic nitrogens is 2. The van der Waals surface area contributed by atoms with Crippen LogP contribution in [0.4, 0.5) is 4.39 Å². The second-order valence-corrected chi connectivity index (χ2v) is 9.27. The fraction of sp³-hybridized carbons (Fsp3) is 0.423. The van der Waals surface area contributed by atoms with E-state index in [0.29, 0.717) is 12.4 Å². The van der Waals surface area contributed by atoms with Gasteiger partial charge in [0.1, 0.15) is 17.7 Å². The first-order valence-electron chi connectivity index (χ1n) is 11.8. The Morgan fingerprint density at radius 3 is 2.68 bits per heavy atom. The van der Waals surface area contributed by atoms with E-state index in [1.807, 2.05) is 47.7 Å². The third kappa shape index (κ3) is 4.68. The first kappa shape index (κ1) is 23.9. The first-order chi connectivity index (χ1) is 16.3. The summed E-state index contributed by atoms with van der Waals surface area (Å²) in [6.07, 6.45) is 5.33. The highest BCUT2D eigenvalue weighted by Gasteiger charge is 2.36. The maximum Gasteiger partial charge on any atom is 0.245 e. The number of amides is 2. The van der Waals surface area contributed by atoms with Gasteiger partial charge in [0, 0.05) is 24.3 Å². The number of benzene rings is 1. The van der Waals surface area contributed by atoms with Crippen molar-refractivity contribution in [1.82, 2.24) is 25.1 Å². The van der Waals surface area contributed by atoms with Crippen LogP contribution in [-0.4, -0.2) is 51.9 Å². The molecule has 2 amide bonds. The van der Waals surface area contributed by atoms with Gasteiger partial charge in [-0.15, -0.1) is 0 Å². The third-order valence-electron chi connectivity index (χ3n) is 6.65. The molecule has 4 rings (SSSR count). The number of hydrogen-bond donors (Lipinski definition) is 2. The Balaban J connectivity index is 1.61. The van der Waals surface area contributed by atoms with E-state index in [2.05, 4.69) is 15.6 Å². The van der Waals surface area contributed by atoms with Crippen molar-refractivity contribution in [3.05, 3.63) is 60.2 Å². The molecular weight excluding hydrogens is 433 g/mol. The molecule has 0 spiro atoms. The largest absolute Gasteiger partial charge is 0.343 e. The minimum absolute atomic E-state index is 0.0455. The van der Waals surface area contributed by atoms with Gasteiger partial charge < -0.3 is 20.1 Å². The van der Waals surface area contributed by atoms with Crippen molar-refractivity contribution in [3.8, 4) is 5.82 Å². The first-order valence-corrected chi connectivity index (χ1v) is 11.8. The van der Waals surface area contributed by atoms with E-state index >= 15 is 0 Å². The van der Waals surface area contributed by atoms with Crippen molar-refractivity contribution < 1.29 is 14.0 Å². The van der Waals surface area contributed by atoms with Crippen molar-refractivity contribution in [3.63, 3.8) is 0 Å². The summed E-state index contributed by atoms with van der Waals surface area (Å²) >= 11 is 0. The summed E-state index contributed by atoms with van der Waals surface area (Å²) < 4.78 is 15.7. The van der Waals surface area contributed by atoms with Crippen molar-refractivity contribution >= 4 is 22.7 Å². The minimum atomic E-state index is -0.596. The molecule has 7 nitrogen and oxygen atoms in total. The lowest BCUT2D eigenvalue weighted by molar-refractivity contribution is -0.138. The topological polar surface area (TPSA) is 79.3 Å². The Kier molecular flexibility index (Phi) is 6.97. The predicted octanol–water partition coefficient (Wildman–Crippen LogP) is 3.58. The van der Waals surface area contributed by atoms with Crippen LogP contribution < -0.4 is 10.6 Å². The van der Waals surface area contributed by atoms with Crippen molar-refractivity contribution in [2.75, 3.05) is 13.6 Å². The number of rotatable bonds is 7. The molecule has 2 N–H and O–H groups in total. The van der Waals surface area contributed by atoms with Gasteiger partial charge in [-0.05, 0) is 74.7 Å². The fourth-order valence-corrected chi connectivity index (χ4v) is 4.55. The van der Waals surface area contributed by atoms with Crippen LogP contribution in [0.3, 0.4) is 0 Å². The van der Waals surface area contributed by atoms with Crippen molar-refractivity contribution in [2.45, 2.75) is 51.7 Å². The van der Waals surface area contributed by atoms with E-state index in [0.717, 1.165) is 29.3 Å². The normalized spacial score (nSPS) is 17.8.